The van der Waals surface area contributed by atoms with Gasteiger partial charge in [0.15, 0.2) is 5.82 Å². The standard InChI is InChI=1S/C11H15Cl2N3/c1-7(2)16(6-8-3-4-8)10-9(12)5-14-11(13)15-10/h5,7-8H,3-4,6H2,1-2H3. The molecular formula is C11H15Cl2N3. The molecular weight excluding hydrogens is 245 g/mol. The van der Waals surface area contributed by atoms with Gasteiger partial charge in [-0.3, -0.25) is 0 Å². The van der Waals surface area contributed by atoms with Gasteiger partial charge in [0.25, 0.3) is 0 Å². The van der Waals surface area contributed by atoms with Crippen molar-refractivity contribution in [2.75, 3.05) is 11.4 Å². The molecule has 1 aliphatic rings. The summed E-state index contributed by atoms with van der Waals surface area (Å²) in [5.41, 5.74) is 0. The predicted octanol–water partition coefficient (Wildman–Crippen LogP) is 3.41. The van der Waals surface area contributed by atoms with Gasteiger partial charge in [0.05, 0.1) is 6.20 Å². The number of rotatable bonds is 4. The summed E-state index contributed by atoms with van der Waals surface area (Å²) in [6.07, 6.45) is 4.17. The highest BCUT2D eigenvalue weighted by Gasteiger charge is 2.27. The van der Waals surface area contributed by atoms with E-state index in [1.165, 1.54) is 12.8 Å². The van der Waals surface area contributed by atoms with E-state index in [9.17, 15) is 0 Å². The molecule has 0 bridgehead atoms. The second kappa shape index (κ2) is 4.76. The second-order valence-electron chi connectivity index (χ2n) is 4.50. The van der Waals surface area contributed by atoms with E-state index in [1.807, 2.05) is 0 Å². The zero-order valence-electron chi connectivity index (χ0n) is 9.45. The quantitative estimate of drug-likeness (QED) is 0.777. The lowest BCUT2D eigenvalue weighted by atomic mass is 10.2. The van der Waals surface area contributed by atoms with Gasteiger partial charge in [-0.25, -0.2) is 4.98 Å². The van der Waals surface area contributed by atoms with Crippen molar-refractivity contribution in [2.24, 2.45) is 5.92 Å². The van der Waals surface area contributed by atoms with Gasteiger partial charge in [0.1, 0.15) is 5.02 Å². The molecule has 1 fully saturated rings. The third-order valence-corrected chi connectivity index (χ3v) is 3.19. The van der Waals surface area contributed by atoms with Crippen LogP contribution in [0.2, 0.25) is 10.3 Å². The van der Waals surface area contributed by atoms with E-state index < -0.39 is 0 Å². The molecule has 0 aliphatic heterocycles. The fourth-order valence-electron chi connectivity index (χ4n) is 1.66. The Labute approximate surface area is 106 Å². The third kappa shape index (κ3) is 2.77. The third-order valence-electron chi connectivity index (χ3n) is 2.74. The molecule has 0 saturated heterocycles. The van der Waals surface area contributed by atoms with Crippen molar-refractivity contribution in [3.63, 3.8) is 0 Å². The van der Waals surface area contributed by atoms with E-state index >= 15 is 0 Å². The fraction of sp³-hybridized carbons (Fsp3) is 0.636. The van der Waals surface area contributed by atoms with Gasteiger partial charge in [-0.2, -0.15) is 4.98 Å². The van der Waals surface area contributed by atoms with E-state index in [2.05, 4.69) is 28.7 Å². The van der Waals surface area contributed by atoms with E-state index in [4.69, 9.17) is 23.2 Å². The van der Waals surface area contributed by atoms with Gasteiger partial charge in [-0.15, -0.1) is 0 Å². The highest BCUT2D eigenvalue weighted by molar-refractivity contribution is 6.33. The van der Waals surface area contributed by atoms with E-state index in [-0.39, 0.29) is 5.28 Å². The van der Waals surface area contributed by atoms with Crippen LogP contribution in [0.3, 0.4) is 0 Å². The SMILES string of the molecule is CC(C)N(CC1CC1)c1nc(Cl)ncc1Cl. The summed E-state index contributed by atoms with van der Waals surface area (Å²) >= 11 is 11.9. The molecule has 0 radical (unpaired) electrons. The van der Waals surface area contributed by atoms with Gasteiger partial charge >= 0.3 is 0 Å². The highest BCUT2D eigenvalue weighted by Crippen LogP contribution is 2.34. The lowest BCUT2D eigenvalue weighted by molar-refractivity contribution is 0.636. The van der Waals surface area contributed by atoms with Crippen LogP contribution in [0.5, 0.6) is 0 Å². The van der Waals surface area contributed by atoms with Crippen LogP contribution in [0, 0.1) is 5.92 Å². The average molecular weight is 260 g/mol. The summed E-state index contributed by atoms with van der Waals surface area (Å²) in [4.78, 5) is 10.3. The van der Waals surface area contributed by atoms with Crippen molar-refractivity contribution in [2.45, 2.75) is 32.7 Å². The molecule has 88 valence electrons. The molecule has 0 N–H and O–H groups in total. The summed E-state index contributed by atoms with van der Waals surface area (Å²) in [7, 11) is 0. The van der Waals surface area contributed by atoms with Gasteiger partial charge in [0, 0.05) is 12.6 Å². The number of aromatic nitrogens is 2. The number of hydrogen-bond donors (Lipinski definition) is 0. The summed E-state index contributed by atoms with van der Waals surface area (Å²) in [6, 6.07) is 0.365. The average Bonchev–Trinajstić information content (AvgIpc) is 3.02. The lowest BCUT2D eigenvalue weighted by Gasteiger charge is -2.28. The number of hydrogen-bond acceptors (Lipinski definition) is 3. The first-order chi connectivity index (χ1) is 7.58. The Hall–Kier alpha value is -0.540. The summed E-state index contributed by atoms with van der Waals surface area (Å²) < 4.78 is 0. The minimum atomic E-state index is 0.251. The Balaban J connectivity index is 2.25. The van der Waals surface area contributed by atoms with Crippen LogP contribution in [0.25, 0.3) is 0 Å². The fourth-order valence-corrected chi connectivity index (χ4v) is 1.99. The molecule has 0 atom stereocenters. The van der Waals surface area contributed by atoms with E-state index in [0.29, 0.717) is 11.1 Å². The zero-order valence-corrected chi connectivity index (χ0v) is 11.0. The molecule has 2 rings (SSSR count). The van der Waals surface area contributed by atoms with Crippen molar-refractivity contribution in [1.29, 1.82) is 0 Å². The Kier molecular flexibility index (Phi) is 3.55. The minimum Gasteiger partial charge on any atom is -0.353 e. The van der Waals surface area contributed by atoms with Crippen LogP contribution >= 0.6 is 23.2 Å². The normalized spacial score (nSPS) is 15.6. The van der Waals surface area contributed by atoms with Crippen LogP contribution in [0.1, 0.15) is 26.7 Å². The lowest BCUT2D eigenvalue weighted by Crippen LogP contribution is -2.33. The van der Waals surface area contributed by atoms with Crippen molar-refractivity contribution in [3.8, 4) is 0 Å². The van der Waals surface area contributed by atoms with Crippen LogP contribution in [0.15, 0.2) is 6.20 Å². The van der Waals surface area contributed by atoms with E-state index in [1.54, 1.807) is 6.20 Å². The molecule has 16 heavy (non-hydrogen) atoms. The Morgan fingerprint density at radius 3 is 2.69 bits per heavy atom. The molecule has 3 nitrogen and oxygen atoms in total. The maximum Gasteiger partial charge on any atom is 0.224 e. The van der Waals surface area contributed by atoms with Gasteiger partial charge in [-0.05, 0) is 44.2 Å². The van der Waals surface area contributed by atoms with E-state index in [0.717, 1.165) is 18.3 Å². The molecule has 0 spiro atoms. The van der Waals surface area contributed by atoms with Crippen molar-refractivity contribution in [1.82, 2.24) is 9.97 Å². The maximum absolute atomic E-state index is 6.11. The number of nitrogens with zero attached hydrogens (tertiary/aromatic N) is 3. The molecule has 1 aromatic rings. The molecule has 1 saturated carbocycles. The maximum atomic E-state index is 6.11. The van der Waals surface area contributed by atoms with Gasteiger partial charge in [0.2, 0.25) is 5.28 Å². The Bertz CT molecular complexity index is 377. The predicted molar refractivity (Wildman–Crippen MR) is 67.3 cm³/mol. The monoisotopic (exact) mass is 259 g/mol. The van der Waals surface area contributed by atoms with Gasteiger partial charge in [-0.1, -0.05) is 11.6 Å². The van der Waals surface area contributed by atoms with Crippen LogP contribution < -0.4 is 4.90 Å². The molecule has 5 heteroatoms. The minimum absolute atomic E-state index is 0.251. The first-order valence-electron chi connectivity index (χ1n) is 5.52. The molecule has 0 unspecified atom stereocenters. The largest absolute Gasteiger partial charge is 0.353 e. The Morgan fingerprint density at radius 1 is 1.44 bits per heavy atom. The Morgan fingerprint density at radius 2 is 2.12 bits per heavy atom. The molecule has 1 aliphatic carbocycles. The van der Waals surface area contributed by atoms with Crippen molar-refractivity contribution >= 4 is 29.0 Å². The first-order valence-corrected chi connectivity index (χ1v) is 6.28. The number of halogens is 2. The van der Waals surface area contributed by atoms with Crippen LogP contribution in [0.4, 0.5) is 5.82 Å². The van der Waals surface area contributed by atoms with Gasteiger partial charge < -0.3 is 4.90 Å². The van der Waals surface area contributed by atoms with Crippen molar-refractivity contribution in [3.05, 3.63) is 16.5 Å². The molecule has 0 aromatic carbocycles. The molecule has 1 aromatic heterocycles. The summed E-state index contributed by atoms with van der Waals surface area (Å²) in [6.45, 7) is 5.27. The van der Waals surface area contributed by atoms with Crippen LogP contribution in [-0.4, -0.2) is 22.6 Å². The summed E-state index contributed by atoms with van der Waals surface area (Å²) in [5, 5.41) is 0.819. The van der Waals surface area contributed by atoms with Crippen LogP contribution in [-0.2, 0) is 0 Å². The topological polar surface area (TPSA) is 29.0 Å². The second-order valence-corrected chi connectivity index (χ2v) is 5.25. The molecule has 1 heterocycles. The first kappa shape index (κ1) is 11.9. The zero-order chi connectivity index (χ0) is 11.7. The van der Waals surface area contributed by atoms with Crippen molar-refractivity contribution < 1.29 is 0 Å². The molecule has 0 amide bonds. The number of anilines is 1. The smallest absolute Gasteiger partial charge is 0.224 e. The highest BCUT2D eigenvalue weighted by atomic mass is 35.5. The summed E-state index contributed by atoms with van der Waals surface area (Å²) in [5.74, 6) is 1.54.